The topological polar surface area (TPSA) is 42.4 Å². The molecule has 1 rings (SSSR count). The molecular formula is C8H9F2NO2. The highest BCUT2D eigenvalue weighted by atomic mass is 19.3. The monoisotopic (exact) mass is 189 g/mol. The Labute approximate surface area is 74.0 Å². The Kier molecular flexibility index (Phi) is 3.13. The highest BCUT2D eigenvalue weighted by molar-refractivity contribution is 5.37. The maximum Gasteiger partial charge on any atom is 0.267 e. The highest BCUT2D eigenvalue weighted by Crippen LogP contribution is 2.30. The summed E-state index contributed by atoms with van der Waals surface area (Å²) in [6.07, 6.45) is -1.40. The minimum absolute atomic E-state index is 0.0417. The molecule has 3 nitrogen and oxygen atoms in total. The van der Waals surface area contributed by atoms with Gasteiger partial charge in [-0.25, -0.2) is 8.78 Å². The molecule has 0 saturated heterocycles. The molecule has 0 unspecified atom stereocenters. The predicted molar refractivity (Wildman–Crippen MR) is 41.7 cm³/mol. The molecule has 0 spiro atoms. The zero-order valence-electron chi connectivity index (χ0n) is 7.00. The molecule has 0 aromatic carbocycles. The summed E-state index contributed by atoms with van der Waals surface area (Å²) in [5.74, 6) is -0.0417. The van der Waals surface area contributed by atoms with Crippen LogP contribution in [-0.4, -0.2) is 17.2 Å². The molecule has 1 aromatic rings. The van der Waals surface area contributed by atoms with Gasteiger partial charge in [0.1, 0.15) is 5.69 Å². The number of hydrogen-bond donors (Lipinski definition) is 1. The number of halogens is 2. The Morgan fingerprint density at radius 2 is 2.31 bits per heavy atom. The van der Waals surface area contributed by atoms with E-state index in [9.17, 15) is 8.78 Å². The van der Waals surface area contributed by atoms with E-state index < -0.39 is 13.0 Å². The van der Waals surface area contributed by atoms with Crippen molar-refractivity contribution in [1.29, 1.82) is 0 Å². The number of hydrogen-bond acceptors (Lipinski definition) is 3. The normalized spacial score (nSPS) is 10.5. The summed E-state index contributed by atoms with van der Waals surface area (Å²) in [5, 5.41) is 8.77. The molecule has 5 heteroatoms. The van der Waals surface area contributed by atoms with Crippen LogP contribution >= 0.6 is 0 Å². The molecule has 0 aliphatic rings. The number of rotatable bonds is 3. The van der Waals surface area contributed by atoms with Crippen molar-refractivity contribution < 1.29 is 18.6 Å². The Balaban J connectivity index is 3.19. The fourth-order valence-corrected chi connectivity index (χ4v) is 1.03. The molecule has 0 fully saturated rings. The van der Waals surface area contributed by atoms with Crippen molar-refractivity contribution in [2.75, 3.05) is 7.11 Å². The Morgan fingerprint density at radius 3 is 2.77 bits per heavy atom. The molecule has 0 amide bonds. The van der Waals surface area contributed by atoms with E-state index in [0.29, 0.717) is 0 Å². The summed E-state index contributed by atoms with van der Waals surface area (Å²) >= 11 is 0. The van der Waals surface area contributed by atoms with Gasteiger partial charge in [-0.2, -0.15) is 0 Å². The van der Waals surface area contributed by atoms with Crippen LogP contribution in [0.25, 0.3) is 0 Å². The van der Waals surface area contributed by atoms with Gasteiger partial charge >= 0.3 is 0 Å². The second-order valence-corrected chi connectivity index (χ2v) is 2.34. The zero-order chi connectivity index (χ0) is 9.84. The number of aromatic nitrogens is 1. The van der Waals surface area contributed by atoms with E-state index in [2.05, 4.69) is 4.98 Å². The minimum Gasteiger partial charge on any atom is -0.494 e. The van der Waals surface area contributed by atoms with Crippen LogP contribution in [0.4, 0.5) is 8.78 Å². The third kappa shape index (κ3) is 1.92. The van der Waals surface area contributed by atoms with Crippen LogP contribution in [0.5, 0.6) is 5.75 Å². The van der Waals surface area contributed by atoms with Gasteiger partial charge in [-0.1, -0.05) is 0 Å². The van der Waals surface area contributed by atoms with E-state index in [1.807, 2.05) is 0 Å². The number of pyridine rings is 1. The Bertz CT molecular complexity index is 291. The van der Waals surface area contributed by atoms with E-state index in [-0.39, 0.29) is 17.0 Å². The Morgan fingerprint density at radius 1 is 1.62 bits per heavy atom. The molecule has 1 heterocycles. The van der Waals surface area contributed by atoms with E-state index in [4.69, 9.17) is 9.84 Å². The van der Waals surface area contributed by atoms with Crippen molar-refractivity contribution in [3.63, 3.8) is 0 Å². The molecular weight excluding hydrogens is 180 g/mol. The summed E-state index contributed by atoms with van der Waals surface area (Å²) in [4.78, 5) is 3.70. The predicted octanol–water partition coefficient (Wildman–Crippen LogP) is 1.52. The fraction of sp³-hybridized carbons (Fsp3) is 0.375. The molecule has 1 N–H and O–H groups in total. The van der Waals surface area contributed by atoms with Crippen LogP contribution in [0.2, 0.25) is 0 Å². The molecule has 0 radical (unpaired) electrons. The van der Waals surface area contributed by atoms with Crippen molar-refractivity contribution in [2.45, 2.75) is 13.0 Å². The lowest BCUT2D eigenvalue weighted by molar-refractivity contribution is 0.146. The number of ether oxygens (including phenoxy) is 1. The summed E-state index contributed by atoms with van der Waals surface area (Å²) < 4.78 is 29.4. The molecule has 72 valence electrons. The average Bonchev–Trinajstić information content (AvgIpc) is 2.16. The van der Waals surface area contributed by atoms with Crippen molar-refractivity contribution >= 4 is 0 Å². The van der Waals surface area contributed by atoms with E-state index in [1.54, 1.807) is 0 Å². The van der Waals surface area contributed by atoms with Gasteiger partial charge in [0.2, 0.25) is 0 Å². The molecule has 13 heavy (non-hydrogen) atoms. The van der Waals surface area contributed by atoms with Crippen molar-refractivity contribution in [1.82, 2.24) is 4.98 Å². The van der Waals surface area contributed by atoms with E-state index >= 15 is 0 Å². The van der Waals surface area contributed by atoms with Crippen LogP contribution < -0.4 is 4.74 Å². The highest BCUT2D eigenvalue weighted by Gasteiger charge is 2.16. The molecule has 0 aliphatic heterocycles. The van der Waals surface area contributed by atoms with Crippen LogP contribution in [0.1, 0.15) is 17.7 Å². The number of methoxy groups -OCH3 is 1. The molecule has 0 atom stereocenters. The van der Waals surface area contributed by atoms with E-state index in [1.165, 1.54) is 19.4 Å². The van der Waals surface area contributed by atoms with Crippen molar-refractivity contribution in [3.05, 3.63) is 23.5 Å². The third-order valence-electron chi connectivity index (χ3n) is 1.60. The third-order valence-corrected chi connectivity index (χ3v) is 1.60. The number of alkyl halides is 2. The van der Waals surface area contributed by atoms with Gasteiger partial charge in [-0.15, -0.1) is 0 Å². The van der Waals surface area contributed by atoms with Crippen molar-refractivity contribution in [2.24, 2.45) is 0 Å². The SMILES string of the molecule is COc1c(C(F)F)ccnc1CO. The lowest BCUT2D eigenvalue weighted by Crippen LogP contribution is -2.00. The fourth-order valence-electron chi connectivity index (χ4n) is 1.03. The standard InChI is InChI=1S/C8H9F2NO2/c1-13-7-5(8(9)10)2-3-11-6(7)4-12/h2-3,8,12H,4H2,1H3. The van der Waals surface area contributed by atoms with E-state index in [0.717, 1.165) is 0 Å². The maximum atomic E-state index is 12.3. The first kappa shape index (κ1) is 9.85. The van der Waals surface area contributed by atoms with Crippen LogP contribution in [0.15, 0.2) is 12.3 Å². The van der Waals surface area contributed by atoms with Crippen LogP contribution in [0, 0.1) is 0 Å². The first-order chi connectivity index (χ1) is 6.20. The largest absolute Gasteiger partial charge is 0.494 e. The second kappa shape index (κ2) is 4.13. The summed E-state index contributed by atoms with van der Waals surface area (Å²) in [5.41, 5.74) is -0.123. The van der Waals surface area contributed by atoms with Gasteiger partial charge in [0.25, 0.3) is 6.43 Å². The number of nitrogens with zero attached hydrogens (tertiary/aromatic N) is 1. The minimum atomic E-state index is -2.62. The summed E-state index contributed by atoms with van der Waals surface area (Å²) in [7, 11) is 1.27. The molecule has 1 aromatic heterocycles. The summed E-state index contributed by atoms with van der Waals surface area (Å²) in [6, 6.07) is 1.17. The van der Waals surface area contributed by atoms with Gasteiger partial charge < -0.3 is 9.84 Å². The molecule has 0 bridgehead atoms. The number of aliphatic hydroxyl groups excluding tert-OH is 1. The van der Waals surface area contributed by atoms with Gasteiger partial charge in [0, 0.05) is 6.20 Å². The van der Waals surface area contributed by atoms with Gasteiger partial charge in [-0.3, -0.25) is 4.98 Å². The summed E-state index contributed by atoms with van der Waals surface area (Å²) in [6.45, 7) is -0.413. The van der Waals surface area contributed by atoms with Gasteiger partial charge in [-0.05, 0) is 6.07 Å². The Hall–Kier alpha value is -1.23. The second-order valence-electron chi connectivity index (χ2n) is 2.34. The lowest BCUT2D eigenvalue weighted by atomic mass is 10.2. The van der Waals surface area contributed by atoms with Crippen LogP contribution in [-0.2, 0) is 6.61 Å². The van der Waals surface area contributed by atoms with Gasteiger partial charge in [0.15, 0.2) is 5.75 Å². The lowest BCUT2D eigenvalue weighted by Gasteiger charge is -2.09. The number of aliphatic hydroxyl groups is 1. The average molecular weight is 189 g/mol. The van der Waals surface area contributed by atoms with Gasteiger partial charge in [0.05, 0.1) is 19.3 Å². The first-order valence-corrected chi connectivity index (χ1v) is 3.61. The quantitative estimate of drug-likeness (QED) is 0.783. The smallest absolute Gasteiger partial charge is 0.267 e. The zero-order valence-corrected chi connectivity index (χ0v) is 7.00. The maximum absolute atomic E-state index is 12.3. The first-order valence-electron chi connectivity index (χ1n) is 3.61. The molecule has 0 aliphatic carbocycles. The van der Waals surface area contributed by atoms with Crippen LogP contribution in [0.3, 0.4) is 0 Å². The molecule has 0 saturated carbocycles. The van der Waals surface area contributed by atoms with Crippen molar-refractivity contribution in [3.8, 4) is 5.75 Å².